The number of fused-ring (bicyclic) bond motifs is 1. The number of aromatic nitrogens is 3. The third kappa shape index (κ3) is 3.00. The Morgan fingerprint density at radius 3 is 2.57 bits per heavy atom. The summed E-state index contributed by atoms with van der Waals surface area (Å²) in [5.74, 6) is 3.68. The van der Waals surface area contributed by atoms with Crippen LogP contribution in [-0.2, 0) is 24.1 Å². The second-order valence-electron chi connectivity index (χ2n) is 5.10. The van der Waals surface area contributed by atoms with Crippen LogP contribution in [0.25, 0.3) is 0 Å². The lowest BCUT2D eigenvalue weighted by molar-refractivity contribution is -0.148. The number of carbonyl (C=O) groups is 1. The highest BCUT2D eigenvalue weighted by Crippen LogP contribution is 2.30. The van der Waals surface area contributed by atoms with Gasteiger partial charge in [-0.1, -0.05) is 6.92 Å². The molecule has 0 aliphatic carbocycles. The van der Waals surface area contributed by atoms with Crippen LogP contribution in [0.5, 0.6) is 0 Å². The zero-order valence-corrected chi connectivity index (χ0v) is 11.7. The van der Waals surface area contributed by atoms with E-state index in [1.165, 1.54) is 0 Å². The van der Waals surface area contributed by atoms with Crippen LogP contribution in [-0.4, -0.2) is 38.2 Å². The third-order valence-electron chi connectivity index (χ3n) is 3.89. The Hall–Kier alpha value is -1.68. The van der Waals surface area contributed by atoms with Crippen molar-refractivity contribution in [2.45, 2.75) is 39.2 Å². The monoisotopic (exact) mass is 306 g/mol. The average Bonchev–Trinajstić information content (AvgIpc) is 2.87. The van der Waals surface area contributed by atoms with Gasteiger partial charge < -0.3 is 4.57 Å². The van der Waals surface area contributed by atoms with E-state index in [1.807, 2.05) is 11.8 Å². The molecule has 10 heteroatoms. The zero-order valence-electron chi connectivity index (χ0n) is 11.7. The van der Waals surface area contributed by atoms with E-state index in [4.69, 9.17) is 5.84 Å². The average molecular weight is 306 g/mol. The van der Waals surface area contributed by atoms with Gasteiger partial charge in [0.25, 0.3) is 0 Å². The van der Waals surface area contributed by atoms with E-state index in [1.54, 1.807) is 6.92 Å². The number of hydrazine groups is 1. The van der Waals surface area contributed by atoms with Crippen molar-refractivity contribution >= 4 is 5.91 Å². The molecule has 1 aromatic heterocycles. The van der Waals surface area contributed by atoms with E-state index in [0.29, 0.717) is 6.54 Å². The van der Waals surface area contributed by atoms with Crippen molar-refractivity contribution in [3.8, 4) is 0 Å². The predicted octanol–water partition coefficient (Wildman–Crippen LogP) is 0.127. The van der Waals surface area contributed by atoms with E-state index < -0.39 is 12.0 Å². The van der Waals surface area contributed by atoms with Gasteiger partial charge in [0.05, 0.1) is 12.5 Å². The fourth-order valence-corrected chi connectivity index (χ4v) is 2.40. The second-order valence-corrected chi connectivity index (χ2v) is 5.10. The molecule has 21 heavy (non-hydrogen) atoms. The van der Waals surface area contributed by atoms with E-state index in [9.17, 15) is 18.0 Å². The molecule has 2 rings (SSSR count). The first-order valence-corrected chi connectivity index (χ1v) is 6.49. The number of nitrogens with zero attached hydrogens (tertiary/aromatic N) is 4. The number of halogens is 3. The molecule has 2 heterocycles. The fraction of sp³-hybridized carbons (Fsp3) is 0.727. The third-order valence-corrected chi connectivity index (χ3v) is 3.89. The molecule has 118 valence electrons. The van der Waals surface area contributed by atoms with Crippen LogP contribution in [0.2, 0.25) is 0 Å². The summed E-state index contributed by atoms with van der Waals surface area (Å²) in [6.45, 7) is 4.28. The largest absolute Gasteiger partial charge is 0.451 e. The van der Waals surface area contributed by atoms with E-state index in [0.717, 1.165) is 4.57 Å². The molecule has 1 aliphatic rings. The van der Waals surface area contributed by atoms with E-state index in [-0.39, 0.29) is 36.8 Å². The molecule has 1 amide bonds. The number of hydrogen-bond donors (Lipinski definition) is 2. The van der Waals surface area contributed by atoms with Gasteiger partial charge in [0.1, 0.15) is 5.82 Å². The fourth-order valence-electron chi connectivity index (χ4n) is 2.40. The van der Waals surface area contributed by atoms with Crippen LogP contribution < -0.4 is 11.3 Å². The van der Waals surface area contributed by atoms with Crippen LogP contribution in [0.15, 0.2) is 0 Å². The Bertz CT molecular complexity index is 529. The van der Waals surface area contributed by atoms with Gasteiger partial charge in [-0.05, 0) is 6.92 Å². The maximum Gasteiger partial charge on any atom is 0.451 e. The molecule has 7 nitrogen and oxygen atoms in total. The highest BCUT2D eigenvalue weighted by Gasteiger charge is 2.40. The summed E-state index contributed by atoms with van der Waals surface area (Å²) in [6, 6.07) is -0.173. The quantitative estimate of drug-likeness (QED) is 0.471. The molecule has 3 N–H and O–H groups in total. The van der Waals surface area contributed by atoms with Crippen LogP contribution >= 0.6 is 0 Å². The first kappa shape index (κ1) is 15.7. The van der Waals surface area contributed by atoms with Crippen molar-refractivity contribution in [3.63, 3.8) is 0 Å². The summed E-state index contributed by atoms with van der Waals surface area (Å²) < 4.78 is 39.3. The van der Waals surface area contributed by atoms with Gasteiger partial charge in [0, 0.05) is 19.1 Å². The summed E-state index contributed by atoms with van der Waals surface area (Å²) >= 11 is 0. The van der Waals surface area contributed by atoms with Crippen LogP contribution in [0.4, 0.5) is 13.2 Å². The molecule has 0 fully saturated rings. The highest BCUT2D eigenvalue weighted by atomic mass is 19.4. The van der Waals surface area contributed by atoms with Crippen LogP contribution in [0.1, 0.15) is 25.5 Å². The number of amides is 1. The first-order valence-electron chi connectivity index (χ1n) is 6.49. The van der Waals surface area contributed by atoms with Gasteiger partial charge in [-0.2, -0.15) is 13.2 Å². The van der Waals surface area contributed by atoms with E-state index in [2.05, 4.69) is 15.6 Å². The number of hydrogen-bond acceptors (Lipinski definition) is 5. The molecule has 0 spiro atoms. The van der Waals surface area contributed by atoms with Crippen molar-refractivity contribution in [1.29, 1.82) is 0 Å². The van der Waals surface area contributed by atoms with Crippen molar-refractivity contribution < 1.29 is 18.0 Å². The lowest BCUT2D eigenvalue weighted by Gasteiger charge is -2.35. The highest BCUT2D eigenvalue weighted by molar-refractivity contribution is 5.78. The molecule has 1 aliphatic heterocycles. The number of rotatable bonds is 3. The maximum absolute atomic E-state index is 12.7. The molecular weight excluding hydrogens is 289 g/mol. The molecule has 0 saturated heterocycles. The standard InChI is InChI=1S/C11H17F3N6O/c1-6(9(21)16-15)7(2)19-3-4-20-8(5-19)17-18-10(20)11(12,13)14/h6-7H,3-5,15H2,1-2H3,(H,16,21). The van der Waals surface area contributed by atoms with Gasteiger partial charge in [-0.15, -0.1) is 10.2 Å². The minimum atomic E-state index is -4.51. The number of carbonyl (C=O) groups excluding carboxylic acids is 1. The van der Waals surface area contributed by atoms with Crippen LogP contribution in [0, 0.1) is 5.92 Å². The smallest absolute Gasteiger partial charge is 0.305 e. The summed E-state index contributed by atoms with van der Waals surface area (Å²) in [5.41, 5.74) is 2.08. The van der Waals surface area contributed by atoms with Crippen molar-refractivity contribution in [1.82, 2.24) is 25.1 Å². The Kier molecular flexibility index (Phi) is 4.19. The van der Waals surface area contributed by atoms with Crippen molar-refractivity contribution in [2.75, 3.05) is 6.54 Å². The van der Waals surface area contributed by atoms with E-state index >= 15 is 0 Å². The molecule has 2 atom stereocenters. The lowest BCUT2D eigenvalue weighted by Crippen LogP contribution is -2.48. The summed E-state index contributed by atoms with van der Waals surface area (Å²) in [7, 11) is 0. The molecule has 2 unspecified atom stereocenters. The number of nitrogens with one attached hydrogen (secondary N) is 1. The SMILES string of the molecule is CC(C(=O)NN)C(C)N1CCn2c(nnc2C(F)(F)F)C1. The Morgan fingerprint density at radius 1 is 1.33 bits per heavy atom. The molecule has 0 aromatic carbocycles. The number of nitrogens with two attached hydrogens (primary N) is 1. The van der Waals surface area contributed by atoms with Gasteiger partial charge in [0.2, 0.25) is 11.7 Å². The molecule has 0 saturated carbocycles. The summed E-state index contributed by atoms with van der Waals surface area (Å²) in [4.78, 5) is 13.4. The Morgan fingerprint density at radius 2 is 2.00 bits per heavy atom. The first-order chi connectivity index (χ1) is 9.75. The molecule has 0 radical (unpaired) electrons. The zero-order chi connectivity index (χ0) is 15.8. The number of alkyl halides is 3. The minimum Gasteiger partial charge on any atom is -0.305 e. The Labute approximate surface area is 119 Å². The van der Waals surface area contributed by atoms with Crippen LogP contribution in [0.3, 0.4) is 0 Å². The van der Waals surface area contributed by atoms with Gasteiger partial charge in [0.15, 0.2) is 0 Å². The Balaban J connectivity index is 2.14. The van der Waals surface area contributed by atoms with Crippen molar-refractivity contribution in [3.05, 3.63) is 11.6 Å². The minimum absolute atomic E-state index is 0.137. The molecular formula is C11H17F3N6O. The molecule has 0 bridgehead atoms. The van der Waals surface area contributed by atoms with Crippen molar-refractivity contribution in [2.24, 2.45) is 11.8 Å². The maximum atomic E-state index is 12.7. The topological polar surface area (TPSA) is 89.1 Å². The lowest BCUT2D eigenvalue weighted by atomic mass is 10.0. The molecule has 1 aromatic rings. The summed E-state index contributed by atoms with van der Waals surface area (Å²) in [5, 5.41) is 6.83. The summed E-state index contributed by atoms with van der Waals surface area (Å²) in [6.07, 6.45) is -4.51. The normalized spacial score (nSPS) is 19.0. The van der Waals surface area contributed by atoms with Gasteiger partial charge >= 0.3 is 6.18 Å². The van der Waals surface area contributed by atoms with Gasteiger partial charge in [-0.3, -0.25) is 15.1 Å². The second kappa shape index (κ2) is 5.60. The van der Waals surface area contributed by atoms with Gasteiger partial charge in [-0.25, -0.2) is 5.84 Å². The predicted molar refractivity (Wildman–Crippen MR) is 66.4 cm³/mol.